The SMILES string of the molecule is CC(=O)O[C@@]12CO[C@@H]1C[C@H](OC(=O)OCC(Cl)(Cl)Cl)[C@@]1(C)C(=O)[C@H](OC(=O)OCC(Cl)(Cl)Cl)C3=C(C)[C@@H](OC(=O)[C@@H]4OC(C)(C)N(C(=O)OC(C)(C)C)[C@@H]4c4ccccc4)C[C@@](O)([C@@H](OC(=O)c4ccccc4)C12)C3(C)C. The third-order valence-corrected chi connectivity index (χ3v) is 15.5. The fourth-order valence-corrected chi connectivity index (χ4v) is 11.8. The minimum atomic E-state index is -2.62. The largest absolute Gasteiger partial charge is 0.509 e. The molecule has 1 N–H and O–H groups in total. The number of hydrogen-bond acceptors (Lipinski definition) is 18. The first-order valence-electron chi connectivity index (χ1n) is 24.3. The van der Waals surface area contributed by atoms with Gasteiger partial charge < -0.3 is 52.5 Å². The summed E-state index contributed by atoms with van der Waals surface area (Å²) in [5, 5.41) is 14.2. The lowest BCUT2D eigenvalue weighted by Gasteiger charge is -2.67. The van der Waals surface area contributed by atoms with Gasteiger partial charge in [-0.2, -0.15) is 0 Å². The molecule has 422 valence electrons. The molecule has 0 radical (unpaired) electrons. The van der Waals surface area contributed by atoms with Crippen LogP contribution >= 0.6 is 69.6 Å². The molecule has 4 fully saturated rings. The van der Waals surface area contributed by atoms with Gasteiger partial charge in [-0.25, -0.2) is 24.0 Å². The molecule has 25 heteroatoms. The summed E-state index contributed by atoms with van der Waals surface area (Å²) in [7, 11) is 0. The summed E-state index contributed by atoms with van der Waals surface area (Å²) >= 11 is 35.6. The molecular formula is C52H59Cl6NO18. The molecule has 1 amide bonds. The Morgan fingerprint density at radius 1 is 0.792 bits per heavy atom. The van der Waals surface area contributed by atoms with Gasteiger partial charge in [-0.05, 0) is 77.3 Å². The smallest absolute Gasteiger partial charge is 0.456 e. The van der Waals surface area contributed by atoms with Gasteiger partial charge >= 0.3 is 36.3 Å². The van der Waals surface area contributed by atoms with Crippen molar-refractivity contribution in [1.29, 1.82) is 0 Å². The average molecular weight is 1200 g/mol. The quantitative estimate of drug-likeness (QED) is 0.101. The number of esters is 3. The van der Waals surface area contributed by atoms with E-state index in [2.05, 4.69) is 0 Å². The normalized spacial score (nSPS) is 31.4. The molecular weight excluding hydrogens is 1140 g/mol. The molecule has 0 aromatic heterocycles. The van der Waals surface area contributed by atoms with Crippen LogP contribution in [0.4, 0.5) is 14.4 Å². The summed E-state index contributed by atoms with van der Waals surface area (Å²) in [5.41, 5.74) is -11.2. The third-order valence-electron chi connectivity index (χ3n) is 14.8. The summed E-state index contributed by atoms with van der Waals surface area (Å²) in [6, 6.07) is 14.9. The highest BCUT2D eigenvalue weighted by molar-refractivity contribution is 6.68. The molecule has 11 atom stereocenters. The van der Waals surface area contributed by atoms with Crippen molar-refractivity contribution in [3.63, 3.8) is 0 Å². The van der Waals surface area contributed by atoms with Crippen molar-refractivity contribution < 1.29 is 86.0 Å². The van der Waals surface area contributed by atoms with Crippen molar-refractivity contribution in [3.8, 4) is 0 Å². The van der Waals surface area contributed by atoms with Gasteiger partial charge in [0.1, 0.15) is 60.6 Å². The van der Waals surface area contributed by atoms with Crippen molar-refractivity contribution in [2.45, 2.75) is 155 Å². The molecule has 19 nitrogen and oxygen atoms in total. The molecule has 0 spiro atoms. The van der Waals surface area contributed by atoms with E-state index in [1.807, 2.05) is 0 Å². The van der Waals surface area contributed by atoms with E-state index in [1.54, 1.807) is 83.1 Å². The molecule has 2 aliphatic heterocycles. The molecule has 5 aliphatic rings. The van der Waals surface area contributed by atoms with Gasteiger partial charge in [0.2, 0.25) is 7.59 Å². The monoisotopic (exact) mass is 1200 g/mol. The van der Waals surface area contributed by atoms with E-state index in [0.29, 0.717) is 5.56 Å². The highest BCUT2D eigenvalue weighted by atomic mass is 35.6. The van der Waals surface area contributed by atoms with E-state index < -0.39 is 164 Å². The minimum Gasteiger partial charge on any atom is -0.456 e. The minimum absolute atomic E-state index is 0.0306. The molecule has 2 bridgehead atoms. The fraction of sp³-hybridized carbons (Fsp3) is 0.596. The van der Waals surface area contributed by atoms with Crippen LogP contribution in [0, 0.1) is 16.7 Å². The lowest BCUT2D eigenvalue weighted by atomic mass is 9.44. The van der Waals surface area contributed by atoms with E-state index in [1.165, 1.54) is 44.7 Å². The van der Waals surface area contributed by atoms with Crippen LogP contribution in [0.5, 0.6) is 0 Å². The number of aliphatic hydroxyl groups is 1. The molecule has 2 heterocycles. The number of nitrogens with zero attached hydrogens (tertiary/aromatic N) is 1. The second kappa shape index (κ2) is 21.6. The van der Waals surface area contributed by atoms with Crippen LogP contribution in [-0.4, -0.2) is 139 Å². The molecule has 2 aromatic carbocycles. The van der Waals surface area contributed by atoms with E-state index >= 15 is 9.59 Å². The Morgan fingerprint density at radius 3 is 1.87 bits per heavy atom. The van der Waals surface area contributed by atoms with Crippen LogP contribution in [-0.2, 0) is 61.8 Å². The Hall–Kier alpha value is -4.31. The fourth-order valence-electron chi connectivity index (χ4n) is 11.5. The van der Waals surface area contributed by atoms with Crippen LogP contribution in [0.15, 0.2) is 71.8 Å². The van der Waals surface area contributed by atoms with Crippen molar-refractivity contribution >= 4 is 112 Å². The van der Waals surface area contributed by atoms with E-state index in [0.717, 1.165) is 6.92 Å². The van der Waals surface area contributed by atoms with Crippen LogP contribution in [0.25, 0.3) is 0 Å². The van der Waals surface area contributed by atoms with Gasteiger partial charge in [-0.1, -0.05) is 132 Å². The maximum absolute atomic E-state index is 16.4. The number of rotatable bonds is 10. The summed E-state index contributed by atoms with van der Waals surface area (Å²) in [6.07, 6.45) is -15.4. The number of fused-ring (bicyclic) bond motifs is 5. The summed E-state index contributed by atoms with van der Waals surface area (Å²) in [4.78, 5) is 103. The van der Waals surface area contributed by atoms with E-state index in [4.69, 9.17) is 117 Å². The Labute approximate surface area is 474 Å². The number of ketones is 1. The Kier molecular flexibility index (Phi) is 16.9. The lowest BCUT2D eigenvalue weighted by Crippen LogP contribution is -2.82. The molecule has 2 aromatic rings. The number of alkyl halides is 6. The number of amides is 1. The number of hydrogen-bond donors (Lipinski definition) is 1. The zero-order valence-corrected chi connectivity index (χ0v) is 48.1. The van der Waals surface area contributed by atoms with Gasteiger partial charge in [-0.3, -0.25) is 14.5 Å². The Morgan fingerprint density at radius 2 is 1.35 bits per heavy atom. The predicted octanol–water partition coefficient (Wildman–Crippen LogP) is 9.81. The maximum Gasteiger partial charge on any atom is 0.509 e. The second-order valence-electron chi connectivity index (χ2n) is 21.8. The van der Waals surface area contributed by atoms with E-state index in [-0.39, 0.29) is 16.7 Å². The molecule has 3 aliphatic carbocycles. The number of carbonyl (C=O) groups excluding carboxylic acids is 7. The van der Waals surface area contributed by atoms with Gasteiger partial charge in [-0.15, -0.1) is 0 Å². The van der Waals surface area contributed by atoms with E-state index in [9.17, 15) is 29.1 Å². The first-order valence-corrected chi connectivity index (χ1v) is 26.5. The highest BCUT2D eigenvalue weighted by Crippen LogP contribution is 2.65. The van der Waals surface area contributed by atoms with Crippen molar-refractivity contribution in [2.75, 3.05) is 19.8 Å². The lowest BCUT2D eigenvalue weighted by molar-refractivity contribution is -0.346. The van der Waals surface area contributed by atoms with Crippen LogP contribution in [0.3, 0.4) is 0 Å². The molecule has 2 saturated heterocycles. The van der Waals surface area contributed by atoms with Crippen LogP contribution in [0.1, 0.15) is 104 Å². The van der Waals surface area contributed by atoms with Gasteiger partial charge in [0, 0.05) is 25.2 Å². The number of benzene rings is 2. The predicted molar refractivity (Wildman–Crippen MR) is 276 cm³/mol. The molecule has 1 unspecified atom stereocenters. The zero-order chi connectivity index (χ0) is 57.2. The maximum atomic E-state index is 16.4. The van der Waals surface area contributed by atoms with Gasteiger partial charge in [0.15, 0.2) is 23.6 Å². The third kappa shape index (κ3) is 12.0. The first kappa shape index (κ1) is 60.3. The number of halogens is 6. The second-order valence-corrected chi connectivity index (χ2v) is 26.8. The highest BCUT2D eigenvalue weighted by Gasteiger charge is 2.79. The molecule has 7 rings (SSSR count). The standard InChI is InChI=1S/C52H59Cl6NO18/c1-26-30(71-41(63)36-34(28-17-13-11-14-18-28)59(47(8,9)76-36)42(64)77-45(3,4)5)22-50(67)39(74-40(62)29-19-15-12-16-20-29)37-48(10,38(61)35(33(26)46(50,6)7)73-44(66)70-25-52(56,57)58)31(72-43(65)69-24-51(53,54)55)21-32-49(37,23-68-32)75-27(2)60/h11-20,30-32,34-37,39,67H,21-25H2,1-10H3/t30-,31-,32+,34+,35+,36+,37?,39-,48+,49-,50+/m0/s1. The molecule has 77 heavy (non-hydrogen) atoms. The van der Waals surface area contributed by atoms with Crippen LogP contribution in [0.2, 0.25) is 0 Å². The Bertz CT molecular complexity index is 2670. The summed E-state index contributed by atoms with van der Waals surface area (Å²) < 4.78 is 55.5. The summed E-state index contributed by atoms with van der Waals surface area (Å²) in [6.45, 7) is 12.7. The van der Waals surface area contributed by atoms with Crippen molar-refractivity contribution in [3.05, 3.63) is 82.9 Å². The van der Waals surface area contributed by atoms with Crippen molar-refractivity contribution in [2.24, 2.45) is 16.7 Å². The van der Waals surface area contributed by atoms with Crippen molar-refractivity contribution in [1.82, 2.24) is 4.90 Å². The van der Waals surface area contributed by atoms with Gasteiger partial charge in [0.05, 0.1) is 23.5 Å². The summed E-state index contributed by atoms with van der Waals surface area (Å²) in [5.74, 6) is -5.96. The first-order chi connectivity index (χ1) is 35.5. The Balaban J connectivity index is 1.47. The zero-order valence-electron chi connectivity index (χ0n) is 43.5. The topological polar surface area (TPSA) is 235 Å². The average Bonchev–Trinajstić information content (AvgIpc) is 3.61. The van der Waals surface area contributed by atoms with Crippen LogP contribution < -0.4 is 0 Å². The van der Waals surface area contributed by atoms with Gasteiger partial charge in [0.25, 0.3) is 0 Å². The number of ether oxygens (including phenoxy) is 10. The number of Topliss-reactive ketones (excluding diaryl/α,β-unsaturated/α-hetero) is 1. The number of carbonyl (C=O) groups is 7. The molecule has 2 saturated carbocycles.